The van der Waals surface area contributed by atoms with Crippen LogP contribution < -0.4 is 5.32 Å². The van der Waals surface area contributed by atoms with Crippen molar-refractivity contribution in [2.45, 2.75) is 26.3 Å². The SMILES string of the molecule is CCC(NC(=O)c1cccc(C)c1F)c1cccc(Cl)c1. The van der Waals surface area contributed by atoms with Crippen LogP contribution in [0.2, 0.25) is 5.02 Å². The van der Waals surface area contributed by atoms with Crippen LogP contribution in [-0.2, 0) is 0 Å². The highest BCUT2D eigenvalue weighted by atomic mass is 35.5. The van der Waals surface area contributed by atoms with Gasteiger partial charge in [0.15, 0.2) is 0 Å². The van der Waals surface area contributed by atoms with Gasteiger partial charge in [-0.2, -0.15) is 0 Å². The standard InChI is InChI=1S/C17H17ClFNO/c1-3-15(12-7-5-8-13(18)10-12)20-17(21)14-9-4-6-11(2)16(14)19/h4-10,15H,3H2,1-2H3,(H,20,21). The third-order valence-electron chi connectivity index (χ3n) is 3.40. The van der Waals surface area contributed by atoms with Gasteiger partial charge in [-0.25, -0.2) is 4.39 Å². The monoisotopic (exact) mass is 305 g/mol. The van der Waals surface area contributed by atoms with E-state index in [1.54, 1.807) is 25.1 Å². The van der Waals surface area contributed by atoms with Crippen LogP contribution in [0.25, 0.3) is 0 Å². The minimum absolute atomic E-state index is 0.0653. The molecule has 0 saturated heterocycles. The van der Waals surface area contributed by atoms with E-state index in [0.717, 1.165) is 5.56 Å². The summed E-state index contributed by atoms with van der Waals surface area (Å²) in [4.78, 5) is 12.3. The Kier molecular flexibility index (Phi) is 4.97. The Morgan fingerprint density at radius 1 is 1.29 bits per heavy atom. The van der Waals surface area contributed by atoms with Crippen molar-refractivity contribution in [3.05, 3.63) is 70.0 Å². The maximum absolute atomic E-state index is 14.0. The normalized spacial score (nSPS) is 12.0. The van der Waals surface area contributed by atoms with Gasteiger partial charge in [0.25, 0.3) is 5.91 Å². The van der Waals surface area contributed by atoms with Crippen molar-refractivity contribution in [1.29, 1.82) is 0 Å². The molecule has 1 N–H and O–H groups in total. The van der Waals surface area contributed by atoms with Crippen molar-refractivity contribution < 1.29 is 9.18 Å². The van der Waals surface area contributed by atoms with E-state index in [9.17, 15) is 9.18 Å². The van der Waals surface area contributed by atoms with Crippen LogP contribution in [0.4, 0.5) is 4.39 Å². The summed E-state index contributed by atoms with van der Waals surface area (Å²) < 4.78 is 14.0. The Labute approximate surface area is 128 Å². The number of carbonyl (C=O) groups is 1. The molecular weight excluding hydrogens is 289 g/mol. The van der Waals surface area contributed by atoms with Gasteiger partial charge in [0, 0.05) is 5.02 Å². The smallest absolute Gasteiger partial charge is 0.254 e. The lowest BCUT2D eigenvalue weighted by Gasteiger charge is -2.18. The second-order valence-corrected chi connectivity index (χ2v) is 5.36. The zero-order valence-electron chi connectivity index (χ0n) is 12.0. The Hall–Kier alpha value is -1.87. The zero-order valence-corrected chi connectivity index (χ0v) is 12.7. The molecule has 2 rings (SSSR count). The van der Waals surface area contributed by atoms with Crippen LogP contribution in [0, 0.1) is 12.7 Å². The van der Waals surface area contributed by atoms with Gasteiger partial charge in [0.2, 0.25) is 0 Å². The summed E-state index contributed by atoms with van der Waals surface area (Å²) in [6.07, 6.45) is 0.694. The van der Waals surface area contributed by atoms with Crippen LogP contribution >= 0.6 is 11.6 Å². The Morgan fingerprint density at radius 3 is 2.67 bits per heavy atom. The third-order valence-corrected chi connectivity index (χ3v) is 3.64. The first-order chi connectivity index (χ1) is 10.0. The summed E-state index contributed by atoms with van der Waals surface area (Å²) >= 11 is 5.97. The van der Waals surface area contributed by atoms with E-state index in [0.29, 0.717) is 17.0 Å². The molecule has 0 fully saturated rings. The van der Waals surface area contributed by atoms with Gasteiger partial charge < -0.3 is 5.32 Å². The maximum Gasteiger partial charge on any atom is 0.254 e. The molecule has 0 aliphatic heterocycles. The fraction of sp³-hybridized carbons (Fsp3) is 0.235. The Balaban J connectivity index is 2.22. The largest absolute Gasteiger partial charge is 0.345 e. The first-order valence-corrected chi connectivity index (χ1v) is 7.22. The Bertz CT molecular complexity index is 657. The predicted molar refractivity (Wildman–Crippen MR) is 83.1 cm³/mol. The molecule has 2 aromatic rings. The van der Waals surface area contributed by atoms with Gasteiger partial charge in [0.1, 0.15) is 5.82 Å². The Morgan fingerprint density at radius 2 is 2.00 bits per heavy atom. The number of halogens is 2. The summed E-state index contributed by atoms with van der Waals surface area (Å²) in [6, 6.07) is 11.9. The number of amides is 1. The topological polar surface area (TPSA) is 29.1 Å². The van der Waals surface area contributed by atoms with E-state index in [-0.39, 0.29) is 11.6 Å². The van der Waals surface area contributed by atoms with E-state index in [2.05, 4.69) is 5.32 Å². The lowest BCUT2D eigenvalue weighted by Crippen LogP contribution is -2.29. The van der Waals surface area contributed by atoms with Crippen molar-refractivity contribution in [1.82, 2.24) is 5.32 Å². The van der Waals surface area contributed by atoms with Gasteiger partial charge in [-0.1, -0.05) is 42.8 Å². The number of hydrogen-bond acceptors (Lipinski definition) is 1. The van der Waals surface area contributed by atoms with Crippen LogP contribution in [0.1, 0.15) is 40.9 Å². The molecule has 0 radical (unpaired) electrons. The number of benzene rings is 2. The summed E-state index contributed by atoms with van der Waals surface area (Å²) in [7, 11) is 0. The molecule has 0 aliphatic rings. The molecule has 0 heterocycles. The summed E-state index contributed by atoms with van der Waals surface area (Å²) in [5, 5.41) is 3.47. The van der Waals surface area contributed by atoms with E-state index in [1.165, 1.54) is 6.07 Å². The van der Waals surface area contributed by atoms with Crippen molar-refractivity contribution in [2.75, 3.05) is 0 Å². The van der Waals surface area contributed by atoms with E-state index in [1.807, 2.05) is 25.1 Å². The van der Waals surface area contributed by atoms with Crippen molar-refractivity contribution in [3.63, 3.8) is 0 Å². The average Bonchev–Trinajstić information content (AvgIpc) is 2.47. The summed E-state index contributed by atoms with van der Waals surface area (Å²) in [5.41, 5.74) is 1.43. The molecule has 1 atom stereocenters. The predicted octanol–water partition coefficient (Wildman–Crippen LogP) is 4.67. The highest BCUT2D eigenvalue weighted by Crippen LogP contribution is 2.21. The second-order valence-electron chi connectivity index (χ2n) is 4.93. The molecule has 21 heavy (non-hydrogen) atoms. The van der Waals surface area contributed by atoms with Crippen LogP contribution in [0.3, 0.4) is 0 Å². The number of rotatable bonds is 4. The fourth-order valence-corrected chi connectivity index (χ4v) is 2.40. The van der Waals surface area contributed by atoms with Crippen molar-refractivity contribution in [3.8, 4) is 0 Å². The van der Waals surface area contributed by atoms with E-state index in [4.69, 9.17) is 11.6 Å². The van der Waals surface area contributed by atoms with Gasteiger partial charge in [0.05, 0.1) is 11.6 Å². The average molecular weight is 306 g/mol. The second kappa shape index (κ2) is 6.72. The number of aryl methyl sites for hydroxylation is 1. The fourth-order valence-electron chi connectivity index (χ4n) is 2.20. The highest BCUT2D eigenvalue weighted by molar-refractivity contribution is 6.30. The molecule has 110 valence electrons. The van der Waals surface area contributed by atoms with Gasteiger partial charge >= 0.3 is 0 Å². The first kappa shape index (κ1) is 15.5. The minimum atomic E-state index is -0.476. The molecule has 1 unspecified atom stereocenters. The third kappa shape index (κ3) is 3.61. The number of nitrogens with one attached hydrogen (secondary N) is 1. The van der Waals surface area contributed by atoms with Gasteiger partial charge in [-0.05, 0) is 42.7 Å². The lowest BCUT2D eigenvalue weighted by atomic mass is 10.0. The molecule has 1 amide bonds. The molecule has 4 heteroatoms. The van der Waals surface area contributed by atoms with Crippen molar-refractivity contribution in [2.24, 2.45) is 0 Å². The van der Waals surface area contributed by atoms with Crippen LogP contribution in [0.15, 0.2) is 42.5 Å². The molecule has 0 aromatic heterocycles. The van der Waals surface area contributed by atoms with Crippen molar-refractivity contribution >= 4 is 17.5 Å². The van der Waals surface area contributed by atoms with Gasteiger partial charge in [-0.15, -0.1) is 0 Å². The lowest BCUT2D eigenvalue weighted by molar-refractivity contribution is 0.0931. The highest BCUT2D eigenvalue weighted by Gasteiger charge is 2.17. The molecule has 0 aliphatic carbocycles. The molecular formula is C17H17ClFNO. The molecule has 0 saturated carbocycles. The van der Waals surface area contributed by atoms with Gasteiger partial charge in [-0.3, -0.25) is 4.79 Å². The number of carbonyl (C=O) groups excluding carboxylic acids is 1. The quantitative estimate of drug-likeness (QED) is 0.874. The maximum atomic E-state index is 14.0. The minimum Gasteiger partial charge on any atom is -0.345 e. The van der Waals surface area contributed by atoms with E-state index < -0.39 is 11.7 Å². The first-order valence-electron chi connectivity index (χ1n) is 6.84. The zero-order chi connectivity index (χ0) is 15.4. The van der Waals surface area contributed by atoms with E-state index >= 15 is 0 Å². The van der Waals surface area contributed by atoms with Crippen LogP contribution in [0.5, 0.6) is 0 Å². The molecule has 0 spiro atoms. The molecule has 0 bridgehead atoms. The van der Waals surface area contributed by atoms with Crippen LogP contribution in [-0.4, -0.2) is 5.91 Å². The number of hydrogen-bond donors (Lipinski definition) is 1. The molecule has 2 aromatic carbocycles. The summed E-state index contributed by atoms with van der Waals surface area (Å²) in [6.45, 7) is 3.60. The summed E-state index contributed by atoms with van der Waals surface area (Å²) in [5.74, 6) is -0.890. The molecule has 2 nitrogen and oxygen atoms in total.